The summed E-state index contributed by atoms with van der Waals surface area (Å²) >= 11 is 0. The van der Waals surface area contributed by atoms with E-state index in [0.29, 0.717) is 44.9 Å². The summed E-state index contributed by atoms with van der Waals surface area (Å²) in [5.74, 6) is 0.191. The van der Waals surface area contributed by atoms with Crippen LogP contribution in [0.1, 0.15) is 72.6 Å². The topological polar surface area (TPSA) is 105 Å². The van der Waals surface area contributed by atoms with Crippen LogP contribution in [0.3, 0.4) is 0 Å². The molecule has 0 radical (unpaired) electrons. The van der Waals surface area contributed by atoms with E-state index in [1.165, 1.54) is 0 Å². The molecule has 3 aliphatic rings. The molecule has 0 atom stereocenters. The molecular formula is C17H30O8P2. The third-order valence-electron chi connectivity index (χ3n) is 4.70. The largest absolute Gasteiger partial charge is 0.492 e. The van der Waals surface area contributed by atoms with E-state index in [9.17, 15) is 18.7 Å². The number of carbonyl (C=O) groups is 2. The Bertz CT molecular complexity index is 602. The number of hydrogen-bond donors (Lipinski definition) is 0. The smallest absolute Gasteiger partial charge is 0.300 e. The van der Waals surface area contributed by atoms with E-state index >= 15 is 0 Å². The minimum Gasteiger partial charge on any atom is -0.300 e. The quantitative estimate of drug-likeness (QED) is 0.488. The van der Waals surface area contributed by atoms with Gasteiger partial charge in [-0.05, 0) is 30.1 Å². The molecule has 0 aromatic rings. The third kappa shape index (κ3) is 7.52. The number of fused-ring (bicyclic) bond motifs is 14. The van der Waals surface area contributed by atoms with Gasteiger partial charge >= 0.3 is 15.6 Å². The number of hydrogen-bond acceptors (Lipinski definition) is 8. The van der Waals surface area contributed by atoms with Crippen LogP contribution in [-0.4, -0.2) is 24.8 Å². The molecule has 3 aliphatic heterocycles. The average Bonchev–Trinajstić information content (AvgIpc) is 2.53. The summed E-state index contributed by atoms with van der Waals surface area (Å²) in [5.41, 5.74) is -0.882. The molecule has 0 spiro atoms. The Kier molecular flexibility index (Phi) is 7.27. The van der Waals surface area contributed by atoms with Gasteiger partial charge in [-0.2, -0.15) is 8.62 Å². The van der Waals surface area contributed by atoms with E-state index in [1.54, 1.807) is 0 Å². The van der Waals surface area contributed by atoms with Crippen molar-refractivity contribution in [1.82, 2.24) is 0 Å². The first-order valence-electron chi connectivity index (χ1n) is 9.27. The van der Waals surface area contributed by atoms with Crippen molar-refractivity contribution >= 4 is 27.2 Å². The summed E-state index contributed by atoms with van der Waals surface area (Å²) < 4.78 is 44.7. The van der Waals surface area contributed by atoms with Gasteiger partial charge in [0.05, 0.1) is 13.2 Å². The molecule has 3 fully saturated rings. The minimum atomic E-state index is -3.89. The zero-order valence-electron chi connectivity index (χ0n) is 16.5. The zero-order chi connectivity index (χ0) is 20.3. The van der Waals surface area contributed by atoms with E-state index in [0.717, 1.165) is 0 Å². The molecule has 27 heavy (non-hydrogen) atoms. The van der Waals surface area contributed by atoms with Crippen LogP contribution in [0.15, 0.2) is 0 Å². The molecule has 0 amide bonds. The summed E-state index contributed by atoms with van der Waals surface area (Å²) in [7, 11) is -7.79. The second-order valence-corrected chi connectivity index (χ2v) is 12.5. The molecule has 3 rings (SSSR count). The van der Waals surface area contributed by atoms with E-state index in [2.05, 4.69) is 0 Å². The fraction of sp³-hybridized carbons (Fsp3) is 0.882. The summed E-state index contributed by atoms with van der Waals surface area (Å²) in [6, 6.07) is 0. The van der Waals surface area contributed by atoms with Crippen LogP contribution in [0.4, 0.5) is 0 Å². The molecule has 2 bridgehead atoms. The molecule has 3 heterocycles. The van der Waals surface area contributed by atoms with Crippen LogP contribution in [0, 0.1) is 10.8 Å². The average molecular weight is 424 g/mol. The highest BCUT2D eigenvalue weighted by Crippen LogP contribution is 2.83. The third-order valence-corrected chi connectivity index (χ3v) is 8.79. The Morgan fingerprint density at radius 3 is 1.44 bits per heavy atom. The Morgan fingerprint density at radius 2 is 1.07 bits per heavy atom. The van der Waals surface area contributed by atoms with Crippen molar-refractivity contribution in [3.8, 4) is 0 Å². The minimum absolute atomic E-state index is 0.0293. The first-order valence-corrected chi connectivity index (χ1v) is 12.2. The maximum Gasteiger partial charge on any atom is 0.492 e. The normalized spacial score (nSPS) is 36.3. The van der Waals surface area contributed by atoms with E-state index in [1.807, 2.05) is 27.7 Å². The highest BCUT2D eigenvalue weighted by atomic mass is 31.3. The van der Waals surface area contributed by atoms with Crippen LogP contribution < -0.4 is 0 Å². The van der Waals surface area contributed by atoms with Crippen molar-refractivity contribution in [3.63, 3.8) is 0 Å². The summed E-state index contributed by atoms with van der Waals surface area (Å²) in [4.78, 5) is 24.1. The van der Waals surface area contributed by atoms with Crippen molar-refractivity contribution in [2.24, 2.45) is 10.8 Å². The van der Waals surface area contributed by atoms with E-state index in [-0.39, 0.29) is 24.8 Å². The van der Waals surface area contributed by atoms with Gasteiger partial charge in [0.15, 0.2) is 0 Å². The van der Waals surface area contributed by atoms with Gasteiger partial charge in [0.1, 0.15) is 11.6 Å². The predicted molar refractivity (Wildman–Crippen MR) is 99.2 cm³/mol. The van der Waals surface area contributed by atoms with Gasteiger partial charge in [-0.3, -0.25) is 18.6 Å². The Labute approximate surface area is 160 Å². The monoisotopic (exact) mass is 424 g/mol. The molecular weight excluding hydrogens is 394 g/mol. The molecule has 0 aromatic heterocycles. The fourth-order valence-electron chi connectivity index (χ4n) is 2.69. The SMILES string of the molecule is CC1(C)CCC(=O)CCCC(=O)CCC(C)(C)COP2(=O)OP(=O)(OC1)O2. The Morgan fingerprint density at radius 1 is 0.704 bits per heavy atom. The first-order chi connectivity index (χ1) is 12.3. The lowest BCUT2D eigenvalue weighted by Gasteiger charge is -2.35. The van der Waals surface area contributed by atoms with Crippen molar-refractivity contribution < 1.29 is 36.4 Å². The van der Waals surface area contributed by atoms with Gasteiger partial charge in [-0.1, -0.05) is 27.7 Å². The number of rotatable bonds is 0. The molecule has 0 unspecified atom stereocenters. The molecule has 3 saturated heterocycles. The van der Waals surface area contributed by atoms with Gasteiger partial charge in [-0.15, -0.1) is 0 Å². The molecule has 0 aromatic carbocycles. The van der Waals surface area contributed by atoms with Crippen LogP contribution in [0.5, 0.6) is 0 Å². The maximum atomic E-state index is 12.2. The number of ketones is 2. The second-order valence-electron chi connectivity index (χ2n) is 8.86. The molecule has 156 valence electrons. The Balaban J connectivity index is 2.03. The molecule has 8 nitrogen and oxygen atoms in total. The van der Waals surface area contributed by atoms with Gasteiger partial charge in [0.2, 0.25) is 0 Å². The lowest BCUT2D eigenvalue weighted by atomic mass is 9.86. The van der Waals surface area contributed by atoms with Gasteiger partial charge in [-0.25, -0.2) is 9.13 Å². The summed E-state index contributed by atoms with van der Waals surface area (Å²) in [6.45, 7) is 7.53. The first kappa shape index (κ1) is 22.9. The van der Waals surface area contributed by atoms with Crippen molar-refractivity contribution in [2.75, 3.05) is 13.2 Å². The summed E-state index contributed by atoms with van der Waals surface area (Å²) in [6.07, 6.45) is 3.07. The lowest BCUT2D eigenvalue weighted by Crippen LogP contribution is -2.24. The molecule has 0 saturated carbocycles. The van der Waals surface area contributed by atoms with Crippen LogP contribution >= 0.6 is 15.6 Å². The zero-order valence-corrected chi connectivity index (χ0v) is 18.3. The number of Topliss-reactive ketones (excluding diaryl/α,β-unsaturated/α-hetero) is 2. The standard InChI is InChI=1S/C17H30O8P2/c1-16(2)10-8-14(18)6-5-7-15(19)9-11-17(3,4)13-23-27(21)24-26(20,25-27)22-12-16/h5-13H2,1-4H3. The fourth-order valence-corrected chi connectivity index (χ4v) is 6.46. The number of phosphoric acid groups is 2. The second kappa shape index (κ2) is 8.56. The van der Waals surface area contributed by atoms with Crippen molar-refractivity contribution in [3.05, 3.63) is 0 Å². The van der Waals surface area contributed by atoms with E-state index < -0.39 is 26.5 Å². The van der Waals surface area contributed by atoms with Gasteiger partial charge < -0.3 is 0 Å². The maximum absolute atomic E-state index is 12.2. The summed E-state index contributed by atoms with van der Waals surface area (Å²) in [5, 5.41) is 0. The highest BCUT2D eigenvalue weighted by Gasteiger charge is 2.57. The predicted octanol–water partition coefficient (Wildman–Crippen LogP) is 5.22. The van der Waals surface area contributed by atoms with Crippen molar-refractivity contribution in [2.45, 2.75) is 72.6 Å². The Hall–Kier alpha value is -0.360. The number of carbonyl (C=O) groups excluding carboxylic acids is 2. The lowest BCUT2D eigenvalue weighted by molar-refractivity contribution is -0.121. The molecule has 0 N–H and O–H groups in total. The van der Waals surface area contributed by atoms with Crippen LogP contribution in [-0.2, 0) is 36.4 Å². The molecule has 0 aliphatic carbocycles. The molecule has 10 heteroatoms. The van der Waals surface area contributed by atoms with Crippen LogP contribution in [0.2, 0.25) is 0 Å². The van der Waals surface area contributed by atoms with Gasteiger partial charge in [0.25, 0.3) is 0 Å². The van der Waals surface area contributed by atoms with Crippen molar-refractivity contribution in [1.29, 1.82) is 0 Å². The van der Waals surface area contributed by atoms with Gasteiger partial charge in [0, 0.05) is 25.7 Å². The highest BCUT2D eigenvalue weighted by molar-refractivity contribution is 7.75. The van der Waals surface area contributed by atoms with E-state index in [4.69, 9.17) is 17.7 Å². The van der Waals surface area contributed by atoms with Crippen LogP contribution in [0.25, 0.3) is 0 Å².